The third kappa shape index (κ3) is 3.30. The van der Waals surface area contributed by atoms with E-state index in [-0.39, 0.29) is 23.9 Å². The van der Waals surface area contributed by atoms with Crippen molar-refractivity contribution < 1.29 is 19.1 Å². The lowest BCUT2D eigenvalue weighted by molar-refractivity contribution is -0.156. The van der Waals surface area contributed by atoms with Gasteiger partial charge in [-0.05, 0) is 43.7 Å². The molecule has 2 aliphatic heterocycles. The van der Waals surface area contributed by atoms with Crippen LogP contribution in [0.5, 0.6) is 0 Å². The minimum Gasteiger partial charge on any atom is -0.469 e. The molecule has 4 rings (SSSR count). The molecule has 134 valence electrons. The Kier molecular flexibility index (Phi) is 4.50. The summed E-state index contributed by atoms with van der Waals surface area (Å²) in [6.07, 6.45) is 4.98. The van der Waals surface area contributed by atoms with E-state index in [9.17, 15) is 9.59 Å². The molecule has 0 aromatic heterocycles. The van der Waals surface area contributed by atoms with Crippen LogP contribution in [0, 0.1) is 11.8 Å². The van der Waals surface area contributed by atoms with E-state index in [1.54, 1.807) is 12.1 Å². The summed E-state index contributed by atoms with van der Waals surface area (Å²) >= 11 is 0. The molecule has 3 aliphatic rings. The summed E-state index contributed by atoms with van der Waals surface area (Å²) in [7, 11) is 1.42. The summed E-state index contributed by atoms with van der Waals surface area (Å²) in [6, 6.07) is 9.54. The predicted molar refractivity (Wildman–Crippen MR) is 92.0 cm³/mol. The maximum Gasteiger partial charge on any atom is 0.338 e. The van der Waals surface area contributed by atoms with Gasteiger partial charge in [-0.1, -0.05) is 18.2 Å². The Labute approximate surface area is 148 Å². The molecule has 2 heterocycles. The number of rotatable bonds is 5. The molecule has 4 unspecified atom stereocenters. The van der Waals surface area contributed by atoms with Crippen molar-refractivity contribution in [1.82, 2.24) is 4.90 Å². The number of carbonyl (C=O) groups is 2. The largest absolute Gasteiger partial charge is 0.469 e. The number of esters is 2. The first-order chi connectivity index (χ1) is 12.2. The standard InChI is InChI=1S/C20H25NO4/c1-24-20(23)18-16-10-9-15(21(16)12-13-7-8-13)11-17(18)25-19(22)14-5-3-2-4-6-14/h2-6,13,15-18H,7-12H2,1H3. The molecule has 0 spiro atoms. The SMILES string of the molecule is COC(=O)C1C(OC(=O)c2ccccc2)CC2CCC1N2CC1CC1. The van der Waals surface area contributed by atoms with E-state index in [0.717, 1.165) is 31.7 Å². The van der Waals surface area contributed by atoms with Gasteiger partial charge in [0.2, 0.25) is 0 Å². The summed E-state index contributed by atoms with van der Waals surface area (Å²) in [5.41, 5.74) is 0.527. The molecule has 25 heavy (non-hydrogen) atoms. The number of hydrogen-bond acceptors (Lipinski definition) is 5. The van der Waals surface area contributed by atoms with Gasteiger partial charge < -0.3 is 9.47 Å². The fourth-order valence-electron chi connectivity index (χ4n) is 4.50. The van der Waals surface area contributed by atoms with Gasteiger partial charge >= 0.3 is 11.9 Å². The molecule has 0 N–H and O–H groups in total. The zero-order valence-electron chi connectivity index (χ0n) is 14.6. The van der Waals surface area contributed by atoms with Crippen LogP contribution in [0.2, 0.25) is 0 Å². The molecular formula is C20H25NO4. The first kappa shape index (κ1) is 16.6. The number of fused-ring (bicyclic) bond motifs is 2. The molecule has 3 fully saturated rings. The minimum absolute atomic E-state index is 0.139. The van der Waals surface area contributed by atoms with E-state index in [4.69, 9.17) is 9.47 Å². The first-order valence-electron chi connectivity index (χ1n) is 9.27. The maximum atomic E-state index is 12.5. The van der Waals surface area contributed by atoms with E-state index in [1.165, 1.54) is 20.0 Å². The van der Waals surface area contributed by atoms with E-state index in [1.807, 2.05) is 18.2 Å². The van der Waals surface area contributed by atoms with Crippen molar-refractivity contribution in [2.24, 2.45) is 11.8 Å². The van der Waals surface area contributed by atoms with Crippen LogP contribution in [0.25, 0.3) is 0 Å². The van der Waals surface area contributed by atoms with Crippen molar-refractivity contribution in [3.8, 4) is 0 Å². The maximum absolute atomic E-state index is 12.5. The molecule has 2 bridgehead atoms. The van der Waals surface area contributed by atoms with Gasteiger partial charge in [0.25, 0.3) is 0 Å². The summed E-state index contributed by atoms with van der Waals surface area (Å²) in [6.45, 7) is 1.07. The lowest BCUT2D eigenvalue weighted by Crippen LogP contribution is -2.55. The predicted octanol–water partition coefficient (Wildman–Crippen LogP) is 2.65. The summed E-state index contributed by atoms with van der Waals surface area (Å²) in [5.74, 6) is -0.202. The number of nitrogens with zero attached hydrogens (tertiary/aromatic N) is 1. The van der Waals surface area contributed by atoms with Gasteiger partial charge in [-0.3, -0.25) is 9.69 Å². The normalized spacial score (nSPS) is 31.6. The fraction of sp³-hybridized carbons (Fsp3) is 0.600. The van der Waals surface area contributed by atoms with Gasteiger partial charge in [0.15, 0.2) is 0 Å². The van der Waals surface area contributed by atoms with Crippen LogP contribution < -0.4 is 0 Å². The molecule has 1 aliphatic carbocycles. The van der Waals surface area contributed by atoms with E-state index in [0.29, 0.717) is 11.6 Å². The second-order valence-corrected chi connectivity index (χ2v) is 7.53. The van der Waals surface area contributed by atoms with Crippen molar-refractivity contribution in [3.63, 3.8) is 0 Å². The summed E-state index contributed by atoms with van der Waals surface area (Å²) < 4.78 is 10.9. The van der Waals surface area contributed by atoms with Gasteiger partial charge in [0, 0.05) is 25.0 Å². The Morgan fingerprint density at radius 2 is 1.88 bits per heavy atom. The highest BCUT2D eigenvalue weighted by Crippen LogP contribution is 2.44. The lowest BCUT2D eigenvalue weighted by atomic mass is 9.87. The topological polar surface area (TPSA) is 55.8 Å². The van der Waals surface area contributed by atoms with Crippen LogP contribution in [0.4, 0.5) is 0 Å². The van der Waals surface area contributed by atoms with E-state index >= 15 is 0 Å². The van der Waals surface area contributed by atoms with Gasteiger partial charge in [-0.25, -0.2) is 4.79 Å². The van der Waals surface area contributed by atoms with Crippen molar-refractivity contribution in [1.29, 1.82) is 0 Å². The molecule has 1 aromatic carbocycles. The monoisotopic (exact) mass is 343 g/mol. The van der Waals surface area contributed by atoms with Crippen LogP contribution >= 0.6 is 0 Å². The van der Waals surface area contributed by atoms with Crippen LogP contribution in [-0.4, -0.2) is 48.7 Å². The van der Waals surface area contributed by atoms with Crippen LogP contribution in [0.15, 0.2) is 30.3 Å². The van der Waals surface area contributed by atoms with Crippen LogP contribution in [0.3, 0.4) is 0 Å². The van der Waals surface area contributed by atoms with Crippen molar-refractivity contribution in [2.45, 2.75) is 50.3 Å². The van der Waals surface area contributed by atoms with Gasteiger partial charge in [-0.2, -0.15) is 0 Å². The second kappa shape index (κ2) is 6.79. The minimum atomic E-state index is -0.395. The van der Waals surface area contributed by atoms with E-state index < -0.39 is 6.10 Å². The number of methoxy groups -OCH3 is 1. The highest BCUT2D eigenvalue weighted by molar-refractivity contribution is 5.89. The third-order valence-electron chi connectivity index (χ3n) is 5.92. The van der Waals surface area contributed by atoms with Gasteiger partial charge in [0.1, 0.15) is 12.0 Å². The number of benzene rings is 1. The highest BCUT2D eigenvalue weighted by atomic mass is 16.6. The van der Waals surface area contributed by atoms with Crippen LogP contribution in [-0.2, 0) is 14.3 Å². The van der Waals surface area contributed by atoms with Crippen LogP contribution in [0.1, 0.15) is 42.5 Å². The molecule has 1 aromatic rings. The molecule has 5 heteroatoms. The zero-order chi connectivity index (χ0) is 17.4. The number of ether oxygens (including phenoxy) is 2. The molecule has 0 amide bonds. The smallest absolute Gasteiger partial charge is 0.338 e. The zero-order valence-corrected chi connectivity index (χ0v) is 14.6. The molecule has 4 atom stereocenters. The Balaban J connectivity index is 1.52. The Bertz CT molecular complexity index is 642. The third-order valence-corrected chi connectivity index (χ3v) is 5.92. The Morgan fingerprint density at radius 3 is 2.56 bits per heavy atom. The number of hydrogen-bond donors (Lipinski definition) is 0. The highest BCUT2D eigenvalue weighted by Gasteiger charge is 2.53. The molecule has 0 radical (unpaired) electrons. The lowest BCUT2D eigenvalue weighted by Gasteiger charge is -2.42. The molecule has 1 saturated carbocycles. The quantitative estimate of drug-likeness (QED) is 0.770. The fourth-order valence-corrected chi connectivity index (χ4v) is 4.50. The van der Waals surface area contributed by atoms with Crippen molar-refractivity contribution >= 4 is 11.9 Å². The average Bonchev–Trinajstić information content (AvgIpc) is 3.40. The van der Waals surface area contributed by atoms with Gasteiger partial charge in [-0.15, -0.1) is 0 Å². The van der Waals surface area contributed by atoms with Gasteiger partial charge in [0.05, 0.1) is 12.7 Å². The summed E-state index contributed by atoms with van der Waals surface area (Å²) in [5, 5.41) is 0. The Morgan fingerprint density at radius 1 is 1.12 bits per heavy atom. The number of carbonyl (C=O) groups excluding carboxylic acids is 2. The number of piperidine rings is 1. The summed E-state index contributed by atoms with van der Waals surface area (Å²) in [4.78, 5) is 27.5. The van der Waals surface area contributed by atoms with Crippen molar-refractivity contribution in [3.05, 3.63) is 35.9 Å². The van der Waals surface area contributed by atoms with E-state index in [2.05, 4.69) is 4.90 Å². The first-order valence-corrected chi connectivity index (χ1v) is 9.27. The van der Waals surface area contributed by atoms with Crippen molar-refractivity contribution in [2.75, 3.05) is 13.7 Å². The second-order valence-electron chi connectivity index (χ2n) is 7.53. The molecule has 5 nitrogen and oxygen atoms in total. The molecule has 2 saturated heterocycles. The molecular weight excluding hydrogens is 318 g/mol. The average molecular weight is 343 g/mol. The Hall–Kier alpha value is -1.88.